The van der Waals surface area contributed by atoms with E-state index in [1.807, 2.05) is 23.1 Å². The number of halogens is 1. The Morgan fingerprint density at radius 3 is 2.33 bits per heavy atom. The fourth-order valence-electron chi connectivity index (χ4n) is 3.59. The lowest BCUT2D eigenvalue weighted by Gasteiger charge is -2.37. The monoisotopic (exact) mass is 371 g/mol. The average molecular weight is 371 g/mol. The van der Waals surface area contributed by atoms with Gasteiger partial charge >= 0.3 is 6.09 Å². The van der Waals surface area contributed by atoms with Crippen LogP contribution in [-0.2, 0) is 4.74 Å². The average Bonchev–Trinajstić information content (AvgIpc) is 3.10. The Bertz CT molecular complexity index is 809. The number of anilines is 3. The van der Waals surface area contributed by atoms with Gasteiger partial charge < -0.3 is 19.6 Å². The number of ether oxygens (including phenoxy) is 1. The highest BCUT2D eigenvalue weighted by Gasteiger charge is 2.32. The zero-order valence-electron chi connectivity index (χ0n) is 14.9. The van der Waals surface area contributed by atoms with Crippen molar-refractivity contribution in [2.45, 2.75) is 6.10 Å². The normalized spacial score (nSPS) is 20.1. The smallest absolute Gasteiger partial charge is 0.414 e. The van der Waals surface area contributed by atoms with Crippen LogP contribution in [-0.4, -0.2) is 56.6 Å². The van der Waals surface area contributed by atoms with Crippen molar-refractivity contribution in [3.05, 3.63) is 54.3 Å². The van der Waals surface area contributed by atoms with Gasteiger partial charge in [0.05, 0.1) is 24.5 Å². The second-order valence-electron chi connectivity index (χ2n) is 6.74. The number of rotatable bonds is 4. The molecule has 2 aliphatic rings. The lowest BCUT2D eigenvalue weighted by atomic mass is 10.2. The highest BCUT2D eigenvalue weighted by molar-refractivity contribution is 5.90. The number of hydrogen-bond donors (Lipinski definition) is 1. The minimum atomic E-state index is -0.564. The number of carbonyl (C=O) groups is 1. The van der Waals surface area contributed by atoms with Crippen molar-refractivity contribution in [3.63, 3.8) is 0 Å². The number of benzene rings is 2. The molecule has 4 rings (SSSR count). The molecule has 142 valence electrons. The number of hydrogen-bond acceptors (Lipinski definition) is 5. The first-order valence-electron chi connectivity index (χ1n) is 9.09. The van der Waals surface area contributed by atoms with Gasteiger partial charge in [0, 0.05) is 31.9 Å². The molecule has 0 radical (unpaired) electrons. The van der Waals surface area contributed by atoms with E-state index in [9.17, 15) is 9.18 Å². The second kappa shape index (κ2) is 7.44. The number of aliphatic hydroxyl groups excluding tert-OH is 1. The number of carbonyl (C=O) groups excluding carboxylic acids is 1. The molecule has 6 nitrogen and oxygen atoms in total. The minimum Gasteiger partial charge on any atom is -0.441 e. The summed E-state index contributed by atoms with van der Waals surface area (Å²) in [6.45, 7) is 3.08. The first-order chi connectivity index (χ1) is 13.2. The third-order valence-corrected chi connectivity index (χ3v) is 5.06. The molecular formula is C20H22FN3O3. The zero-order chi connectivity index (χ0) is 18.8. The number of cyclic esters (lactones) is 1. The van der Waals surface area contributed by atoms with Gasteiger partial charge in [0.1, 0.15) is 11.9 Å². The molecule has 2 fully saturated rings. The summed E-state index contributed by atoms with van der Waals surface area (Å²) in [5.74, 6) is -0.360. The molecule has 2 aromatic rings. The molecule has 0 aliphatic carbocycles. The molecule has 27 heavy (non-hydrogen) atoms. The van der Waals surface area contributed by atoms with Crippen molar-refractivity contribution in [1.82, 2.24) is 0 Å². The Morgan fingerprint density at radius 1 is 1.00 bits per heavy atom. The van der Waals surface area contributed by atoms with Gasteiger partial charge in [-0.2, -0.15) is 0 Å². The topological polar surface area (TPSA) is 56.3 Å². The van der Waals surface area contributed by atoms with Crippen LogP contribution in [0.2, 0.25) is 0 Å². The van der Waals surface area contributed by atoms with Gasteiger partial charge in [0.25, 0.3) is 0 Å². The summed E-state index contributed by atoms with van der Waals surface area (Å²) in [5.41, 5.74) is 2.16. The van der Waals surface area contributed by atoms with E-state index in [1.165, 1.54) is 16.7 Å². The fourth-order valence-corrected chi connectivity index (χ4v) is 3.59. The molecule has 2 aromatic carbocycles. The maximum Gasteiger partial charge on any atom is 0.414 e. The molecule has 1 atom stereocenters. The lowest BCUT2D eigenvalue weighted by molar-refractivity contribution is 0.0963. The predicted molar refractivity (Wildman–Crippen MR) is 102 cm³/mol. The van der Waals surface area contributed by atoms with E-state index in [0.29, 0.717) is 11.4 Å². The van der Waals surface area contributed by atoms with Crippen LogP contribution < -0.4 is 14.7 Å². The van der Waals surface area contributed by atoms with Gasteiger partial charge in [-0.1, -0.05) is 18.2 Å². The van der Waals surface area contributed by atoms with E-state index < -0.39 is 12.2 Å². The summed E-state index contributed by atoms with van der Waals surface area (Å²) in [4.78, 5) is 17.5. The number of piperazine rings is 1. The Balaban J connectivity index is 1.44. The molecule has 1 amide bonds. The molecular weight excluding hydrogens is 349 g/mol. The molecule has 0 spiro atoms. The number of aliphatic hydroxyl groups is 1. The molecule has 2 aliphatic heterocycles. The highest BCUT2D eigenvalue weighted by atomic mass is 19.1. The van der Waals surface area contributed by atoms with Gasteiger partial charge in [0.2, 0.25) is 0 Å². The van der Waals surface area contributed by atoms with Gasteiger partial charge in [-0.3, -0.25) is 4.90 Å². The maximum absolute atomic E-state index is 14.7. The van der Waals surface area contributed by atoms with Crippen molar-refractivity contribution in [1.29, 1.82) is 0 Å². The third-order valence-electron chi connectivity index (χ3n) is 5.06. The van der Waals surface area contributed by atoms with Crippen LogP contribution in [0.5, 0.6) is 0 Å². The van der Waals surface area contributed by atoms with E-state index in [2.05, 4.69) is 17.0 Å². The Kier molecular flexibility index (Phi) is 4.85. The number of amides is 1. The first-order valence-corrected chi connectivity index (χ1v) is 9.09. The molecule has 0 saturated carbocycles. The summed E-state index contributed by atoms with van der Waals surface area (Å²) in [6, 6.07) is 15.0. The molecule has 0 aromatic heterocycles. The standard InChI is InChI=1S/C20H22FN3O3/c21-18-12-16(24-13-17(14-25)27-20(24)26)6-7-19(18)23-10-8-22(9-11-23)15-4-2-1-3-5-15/h1-7,12,17,25H,8-11,13-14H2/t17-/m1/s1. The van der Waals surface area contributed by atoms with Crippen molar-refractivity contribution >= 4 is 23.2 Å². The van der Waals surface area contributed by atoms with Gasteiger partial charge in [-0.25, -0.2) is 9.18 Å². The van der Waals surface area contributed by atoms with Crippen molar-refractivity contribution < 1.29 is 19.0 Å². The molecule has 7 heteroatoms. The fraction of sp³-hybridized carbons (Fsp3) is 0.350. The summed E-state index contributed by atoms with van der Waals surface area (Å²) in [6.07, 6.45) is -1.12. The SMILES string of the molecule is O=C1O[C@@H](CO)CN1c1ccc(N2CCN(c3ccccc3)CC2)c(F)c1. The van der Waals surface area contributed by atoms with E-state index in [4.69, 9.17) is 9.84 Å². The van der Waals surface area contributed by atoms with E-state index in [-0.39, 0.29) is 19.0 Å². The van der Waals surface area contributed by atoms with E-state index in [0.717, 1.165) is 26.2 Å². The molecule has 2 saturated heterocycles. The van der Waals surface area contributed by atoms with Crippen LogP contribution in [0.25, 0.3) is 0 Å². The number of para-hydroxylation sites is 1. The number of nitrogens with zero attached hydrogens (tertiary/aromatic N) is 3. The minimum absolute atomic E-state index is 0.226. The first kappa shape index (κ1) is 17.6. The summed E-state index contributed by atoms with van der Waals surface area (Å²) >= 11 is 0. The summed E-state index contributed by atoms with van der Waals surface area (Å²) in [7, 11) is 0. The van der Waals surface area contributed by atoms with Crippen LogP contribution >= 0.6 is 0 Å². The quantitative estimate of drug-likeness (QED) is 0.895. The van der Waals surface area contributed by atoms with E-state index in [1.54, 1.807) is 12.1 Å². The van der Waals surface area contributed by atoms with Crippen molar-refractivity contribution in [2.24, 2.45) is 0 Å². The van der Waals surface area contributed by atoms with Crippen LogP contribution in [0.15, 0.2) is 48.5 Å². The molecule has 1 N–H and O–H groups in total. The predicted octanol–water partition coefficient (Wildman–Crippen LogP) is 2.47. The Morgan fingerprint density at radius 2 is 1.70 bits per heavy atom. The van der Waals surface area contributed by atoms with Crippen LogP contribution in [0.4, 0.5) is 26.2 Å². The van der Waals surface area contributed by atoms with Crippen LogP contribution in [0.3, 0.4) is 0 Å². The van der Waals surface area contributed by atoms with E-state index >= 15 is 0 Å². The van der Waals surface area contributed by atoms with Crippen molar-refractivity contribution in [2.75, 3.05) is 54.0 Å². The molecule has 0 unspecified atom stereocenters. The molecule has 2 heterocycles. The summed E-state index contributed by atoms with van der Waals surface area (Å²) in [5, 5.41) is 9.13. The van der Waals surface area contributed by atoms with Gasteiger partial charge in [-0.05, 0) is 30.3 Å². The molecule has 0 bridgehead atoms. The largest absolute Gasteiger partial charge is 0.441 e. The zero-order valence-corrected chi connectivity index (χ0v) is 14.9. The Labute approximate surface area is 157 Å². The highest BCUT2D eigenvalue weighted by Crippen LogP contribution is 2.29. The summed E-state index contributed by atoms with van der Waals surface area (Å²) < 4.78 is 19.7. The van der Waals surface area contributed by atoms with Gasteiger partial charge in [0.15, 0.2) is 0 Å². The van der Waals surface area contributed by atoms with Crippen LogP contribution in [0, 0.1) is 5.82 Å². The third kappa shape index (κ3) is 3.55. The van der Waals surface area contributed by atoms with Crippen LogP contribution in [0.1, 0.15) is 0 Å². The second-order valence-corrected chi connectivity index (χ2v) is 6.74. The Hall–Kier alpha value is -2.80. The van der Waals surface area contributed by atoms with Crippen molar-refractivity contribution in [3.8, 4) is 0 Å². The lowest BCUT2D eigenvalue weighted by Crippen LogP contribution is -2.46. The van der Waals surface area contributed by atoms with Gasteiger partial charge in [-0.15, -0.1) is 0 Å². The maximum atomic E-state index is 14.7.